The maximum absolute atomic E-state index is 6.05. The Kier molecular flexibility index (Phi) is 3.43. The standard InChI is InChI=1S/C12H23N3O/c1-11(2,3)7-8(13)9-14-10(16-15-9)12(4,5)6/h8H,7,13H2,1-6H3. The lowest BCUT2D eigenvalue weighted by atomic mass is 9.88. The molecule has 1 aromatic rings. The minimum absolute atomic E-state index is 0.118. The maximum Gasteiger partial charge on any atom is 0.232 e. The summed E-state index contributed by atoms with van der Waals surface area (Å²) in [5.74, 6) is 1.26. The van der Waals surface area contributed by atoms with Crippen LogP contribution in [-0.2, 0) is 5.41 Å². The number of nitrogens with two attached hydrogens (primary N) is 1. The molecule has 1 aromatic heterocycles. The number of hydrogen-bond acceptors (Lipinski definition) is 4. The summed E-state index contributed by atoms with van der Waals surface area (Å²) in [7, 11) is 0. The van der Waals surface area contributed by atoms with Crippen molar-refractivity contribution in [1.82, 2.24) is 10.1 Å². The van der Waals surface area contributed by atoms with Gasteiger partial charge >= 0.3 is 0 Å². The second-order valence-electron chi connectivity index (χ2n) is 6.58. The van der Waals surface area contributed by atoms with Gasteiger partial charge in [-0.1, -0.05) is 46.7 Å². The first-order chi connectivity index (χ1) is 7.09. The van der Waals surface area contributed by atoms with Crippen molar-refractivity contribution in [3.05, 3.63) is 11.7 Å². The molecule has 4 heteroatoms. The topological polar surface area (TPSA) is 64.9 Å². The molecule has 1 heterocycles. The van der Waals surface area contributed by atoms with E-state index in [1.165, 1.54) is 0 Å². The third-order valence-corrected chi connectivity index (χ3v) is 2.25. The molecule has 0 radical (unpaired) electrons. The highest BCUT2D eigenvalue weighted by atomic mass is 16.5. The van der Waals surface area contributed by atoms with Crippen LogP contribution in [0, 0.1) is 5.41 Å². The van der Waals surface area contributed by atoms with Crippen LogP contribution in [0.5, 0.6) is 0 Å². The first-order valence-corrected chi connectivity index (χ1v) is 5.69. The fraction of sp³-hybridized carbons (Fsp3) is 0.833. The van der Waals surface area contributed by atoms with Gasteiger partial charge in [-0.3, -0.25) is 0 Å². The zero-order valence-electron chi connectivity index (χ0n) is 11.2. The van der Waals surface area contributed by atoms with Crippen LogP contribution in [0.1, 0.15) is 65.7 Å². The fourth-order valence-electron chi connectivity index (χ4n) is 1.44. The predicted octanol–water partition coefficient (Wildman–Crippen LogP) is 2.80. The molecular weight excluding hydrogens is 202 g/mol. The molecule has 0 aromatic carbocycles. The average Bonchev–Trinajstić information content (AvgIpc) is 2.46. The second kappa shape index (κ2) is 4.17. The smallest absolute Gasteiger partial charge is 0.232 e. The lowest BCUT2D eigenvalue weighted by Crippen LogP contribution is -2.20. The third-order valence-electron chi connectivity index (χ3n) is 2.25. The van der Waals surface area contributed by atoms with Crippen molar-refractivity contribution in [2.24, 2.45) is 11.1 Å². The molecule has 92 valence electrons. The van der Waals surface area contributed by atoms with E-state index in [4.69, 9.17) is 10.3 Å². The Morgan fingerprint density at radius 2 is 1.75 bits per heavy atom. The Bertz CT molecular complexity index is 344. The van der Waals surface area contributed by atoms with Crippen molar-refractivity contribution in [1.29, 1.82) is 0 Å². The van der Waals surface area contributed by atoms with E-state index >= 15 is 0 Å². The van der Waals surface area contributed by atoms with E-state index in [9.17, 15) is 0 Å². The Hall–Kier alpha value is -0.900. The predicted molar refractivity (Wildman–Crippen MR) is 64.0 cm³/mol. The van der Waals surface area contributed by atoms with E-state index in [1.807, 2.05) is 20.8 Å². The first kappa shape index (κ1) is 13.2. The monoisotopic (exact) mass is 225 g/mol. The zero-order valence-corrected chi connectivity index (χ0v) is 11.2. The average molecular weight is 225 g/mol. The highest BCUT2D eigenvalue weighted by Gasteiger charge is 2.25. The Morgan fingerprint density at radius 1 is 1.19 bits per heavy atom. The van der Waals surface area contributed by atoms with Crippen LogP contribution in [0.2, 0.25) is 0 Å². The van der Waals surface area contributed by atoms with E-state index in [-0.39, 0.29) is 16.9 Å². The number of hydrogen-bond donors (Lipinski definition) is 1. The normalized spacial score (nSPS) is 15.2. The van der Waals surface area contributed by atoms with Crippen molar-refractivity contribution in [3.63, 3.8) is 0 Å². The van der Waals surface area contributed by atoms with Crippen LogP contribution >= 0.6 is 0 Å². The van der Waals surface area contributed by atoms with Crippen molar-refractivity contribution in [2.45, 2.75) is 59.4 Å². The van der Waals surface area contributed by atoms with Gasteiger partial charge < -0.3 is 10.3 Å². The van der Waals surface area contributed by atoms with Crippen LogP contribution in [0.4, 0.5) is 0 Å². The lowest BCUT2D eigenvalue weighted by Gasteiger charge is -2.20. The zero-order chi connectivity index (χ0) is 12.6. The molecule has 0 amide bonds. The Morgan fingerprint density at radius 3 is 2.12 bits per heavy atom. The van der Waals surface area contributed by atoms with Crippen LogP contribution < -0.4 is 5.73 Å². The van der Waals surface area contributed by atoms with Crippen molar-refractivity contribution in [3.8, 4) is 0 Å². The van der Waals surface area contributed by atoms with Crippen LogP contribution in [0.25, 0.3) is 0 Å². The molecular formula is C12H23N3O. The number of aromatic nitrogens is 2. The molecule has 1 atom stereocenters. The summed E-state index contributed by atoms with van der Waals surface area (Å²) in [5.41, 5.74) is 6.10. The van der Waals surface area contributed by atoms with Crippen LogP contribution in [-0.4, -0.2) is 10.1 Å². The van der Waals surface area contributed by atoms with Crippen molar-refractivity contribution in [2.75, 3.05) is 0 Å². The molecule has 0 saturated carbocycles. The highest BCUT2D eigenvalue weighted by molar-refractivity contribution is 5.01. The second-order valence-corrected chi connectivity index (χ2v) is 6.58. The van der Waals surface area contributed by atoms with Gasteiger partial charge in [0.1, 0.15) is 0 Å². The van der Waals surface area contributed by atoms with E-state index in [0.29, 0.717) is 11.7 Å². The molecule has 16 heavy (non-hydrogen) atoms. The lowest BCUT2D eigenvalue weighted by molar-refractivity contribution is 0.307. The van der Waals surface area contributed by atoms with Crippen LogP contribution in [0.3, 0.4) is 0 Å². The number of rotatable bonds is 2. The van der Waals surface area contributed by atoms with Gasteiger partial charge in [0.15, 0.2) is 5.82 Å². The Labute approximate surface area is 97.6 Å². The van der Waals surface area contributed by atoms with E-state index in [0.717, 1.165) is 6.42 Å². The van der Waals surface area contributed by atoms with E-state index < -0.39 is 0 Å². The SMILES string of the molecule is CC(C)(C)CC(N)c1noc(C(C)(C)C)n1. The maximum atomic E-state index is 6.05. The summed E-state index contributed by atoms with van der Waals surface area (Å²) in [5, 5.41) is 3.96. The van der Waals surface area contributed by atoms with Gasteiger partial charge in [0.2, 0.25) is 5.89 Å². The molecule has 0 aliphatic carbocycles. The molecule has 0 spiro atoms. The molecule has 0 aliphatic rings. The van der Waals surface area contributed by atoms with Gasteiger partial charge in [-0.15, -0.1) is 0 Å². The minimum atomic E-state index is -0.153. The van der Waals surface area contributed by atoms with Crippen LogP contribution in [0.15, 0.2) is 4.52 Å². The molecule has 1 rings (SSSR count). The van der Waals surface area contributed by atoms with E-state index in [2.05, 4.69) is 30.9 Å². The van der Waals surface area contributed by atoms with Gasteiger partial charge in [0.05, 0.1) is 6.04 Å². The fourth-order valence-corrected chi connectivity index (χ4v) is 1.44. The molecule has 0 saturated heterocycles. The molecule has 4 nitrogen and oxygen atoms in total. The summed E-state index contributed by atoms with van der Waals surface area (Å²) in [4.78, 5) is 4.36. The first-order valence-electron chi connectivity index (χ1n) is 5.69. The number of nitrogens with zero attached hydrogens (tertiary/aromatic N) is 2. The molecule has 0 aliphatic heterocycles. The minimum Gasteiger partial charge on any atom is -0.339 e. The van der Waals surface area contributed by atoms with Crippen molar-refractivity contribution >= 4 is 0 Å². The van der Waals surface area contributed by atoms with Gasteiger partial charge in [0, 0.05) is 5.41 Å². The molecule has 0 fully saturated rings. The van der Waals surface area contributed by atoms with Gasteiger partial charge in [0.25, 0.3) is 0 Å². The Balaban J connectivity index is 2.79. The quantitative estimate of drug-likeness (QED) is 0.840. The van der Waals surface area contributed by atoms with Gasteiger partial charge in [-0.2, -0.15) is 4.98 Å². The summed E-state index contributed by atoms with van der Waals surface area (Å²) < 4.78 is 5.22. The van der Waals surface area contributed by atoms with Crippen molar-refractivity contribution < 1.29 is 4.52 Å². The van der Waals surface area contributed by atoms with E-state index in [1.54, 1.807) is 0 Å². The third kappa shape index (κ3) is 3.59. The molecule has 0 bridgehead atoms. The summed E-state index contributed by atoms with van der Waals surface area (Å²) in [6, 6.07) is -0.153. The largest absolute Gasteiger partial charge is 0.339 e. The molecule has 1 unspecified atom stereocenters. The molecule has 2 N–H and O–H groups in total. The summed E-state index contributed by atoms with van der Waals surface area (Å²) >= 11 is 0. The van der Waals surface area contributed by atoms with Gasteiger partial charge in [-0.25, -0.2) is 0 Å². The summed E-state index contributed by atoms with van der Waals surface area (Å²) in [6.07, 6.45) is 0.843. The summed E-state index contributed by atoms with van der Waals surface area (Å²) in [6.45, 7) is 12.6. The highest BCUT2D eigenvalue weighted by Crippen LogP contribution is 2.28. The van der Waals surface area contributed by atoms with Gasteiger partial charge in [-0.05, 0) is 11.8 Å².